The van der Waals surface area contributed by atoms with Gasteiger partial charge in [0.1, 0.15) is 0 Å². The zero-order chi connectivity index (χ0) is 11.2. The maximum absolute atomic E-state index is 5.78. The lowest BCUT2D eigenvalue weighted by molar-refractivity contribution is -0.113. The van der Waals surface area contributed by atoms with E-state index in [0.717, 1.165) is 13.2 Å². The predicted octanol–water partition coefficient (Wildman–Crippen LogP) is 2.18. The molecule has 0 aromatic carbocycles. The molecular formula is C13H19NO2. The van der Waals surface area contributed by atoms with Crippen molar-refractivity contribution in [3.8, 4) is 0 Å². The molecule has 3 nitrogen and oxygen atoms in total. The van der Waals surface area contributed by atoms with Gasteiger partial charge in [-0.15, -0.1) is 0 Å². The second kappa shape index (κ2) is 3.60. The van der Waals surface area contributed by atoms with Crippen LogP contribution in [0.3, 0.4) is 0 Å². The van der Waals surface area contributed by atoms with Crippen LogP contribution in [0.2, 0.25) is 0 Å². The monoisotopic (exact) mass is 221 g/mol. The van der Waals surface area contributed by atoms with Gasteiger partial charge in [0.2, 0.25) is 0 Å². The van der Waals surface area contributed by atoms with Gasteiger partial charge in [-0.05, 0) is 12.5 Å². The molecule has 0 bridgehead atoms. The van der Waals surface area contributed by atoms with Crippen LogP contribution in [-0.2, 0) is 11.3 Å². The molecule has 1 aliphatic carbocycles. The van der Waals surface area contributed by atoms with Crippen LogP contribution in [0, 0.1) is 11.3 Å². The van der Waals surface area contributed by atoms with E-state index in [-0.39, 0.29) is 5.41 Å². The molecule has 0 spiro atoms. The molecule has 2 fully saturated rings. The number of nitrogens with one attached hydrogen (secondary N) is 1. The van der Waals surface area contributed by atoms with Gasteiger partial charge in [0.15, 0.2) is 0 Å². The van der Waals surface area contributed by atoms with Crippen LogP contribution in [-0.4, -0.2) is 18.8 Å². The first-order valence-electron chi connectivity index (χ1n) is 6.05. The fourth-order valence-electron chi connectivity index (χ4n) is 3.36. The van der Waals surface area contributed by atoms with Crippen molar-refractivity contribution in [2.45, 2.75) is 39.0 Å². The van der Waals surface area contributed by atoms with Crippen LogP contribution >= 0.6 is 0 Å². The van der Waals surface area contributed by atoms with Gasteiger partial charge in [0, 0.05) is 36.1 Å². The Morgan fingerprint density at radius 3 is 3.12 bits per heavy atom. The van der Waals surface area contributed by atoms with E-state index in [0.29, 0.717) is 18.1 Å². The fraction of sp³-hybridized carbons (Fsp3) is 0.692. The van der Waals surface area contributed by atoms with E-state index in [1.165, 1.54) is 12.0 Å². The largest absolute Gasteiger partial charge is 0.472 e. The Morgan fingerprint density at radius 1 is 1.50 bits per heavy atom. The quantitative estimate of drug-likeness (QED) is 0.849. The van der Waals surface area contributed by atoms with Crippen molar-refractivity contribution in [2.24, 2.45) is 11.3 Å². The molecule has 16 heavy (non-hydrogen) atoms. The topological polar surface area (TPSA) is 34.4 Å². The first-order valence-corrected chi connectivity index (χ1v) is 6.05. The first kappa shape index (κ1) is 10.4. The maximum atomic E-state index is 5.78. The minimum atomic E-state index is 0.269. The normalized spacial score (nSPS) is 35.8. The highest BCUT2D eigenvalue weighted by Crippen LogP contribution is 2.52. The highest BCUT2D eigenvalue weighted by atomic mass is 16.5. The van der Waals surface area contributed by atoms with Gasteiger partial charge >= 0.3 is 0 Å². The summed E-state index contributed by atoms with van der Waals surface area (Å²) < 4.78 is 10.8. The molecule has 1 saturated heterocycles. The van der Waals surface area contributed by atoms with Crippen molar-refractivity contribution in [3.63, 3.8) is 0 Å². The summed E-state index contributed by atoms with van der Waals surface area (Å²) in [5, 5.41) is 3.64. The second-order valence-corrected chi connectivity index (χ2v) is 5.56. The van der Waals surface area contributed by atoms with Crippen molar-refractivity contribution in [2.75, 3.05) is 6.61 Å². The van der Waals surface area contributed by atoms with Gasteiger partial charge in [0.25, 0.3) is 0 Å². The zero-order valence-electron chi connectivity index (χ0n) is 9.90. The highest BCUT2D eigenvalue weighted by Gasteiger charge is 2.58. The molecule has 1 N–H and O–H groups in total. The van der Waals surface area contributed by atoms with E-state index in [1.54, 1.807) is 12.5 Å². The van der Waals surface area contributed by atoms with Crippen LogP contribution in [0.4, 0.5) is 0 Å². The van der Waals surface area contributed by atoms with Gasteiger partial charge in [0.05, 0.1) is 18.6 Å². The number of rotatable bonds is 3. The number of fused-ring (bicyclic) bond motifs is 1. The summed E-state index contributed by atoms with van der Waals surface area (Å²) in [6, 6.07) is 2.59. The standard InChI is InChI=1S/C13H19NO2/c1-13(2)11(10-4-6-16-12(10)13)14-7-9-3-5-15-8-9/h3,5,8,10-12,14H,4,6-7H2,1-2H3. The lowest BCUT2D eigenvalue weighted by Gasteiger charge is -2.55. The third-order valence-corrected chi connectivity index (χ3v) is 4.21. The molecule has 1 aliphatic heterocycles. The molecule has 3 unspecified atom stereocenters. The molecule has 3 atom stereocenters. The zero-order valence-corrected chi connectivity index (χ0v) is 9.90. The summed E-state index contributed by atoms with van der Waals surface area (Å²) in [4.78, 5) is 0. The molecule has 0 radical (unpaired) electrons. The van der Waals surface area contributed by atoms with Crippen LogP contribution < -0.4 is 5.32 Å². The predicted molar refractivity (Wildman–Crippen MR) is 61.0 cm³/mol. The summed E-state index contributed by atoms with van der Waals surface area (Å²) in [7, 11) is 0. The minimum Gasteiger partial charge on any atom is -0.472 e. The van der Waals surface area contributed by atoms with Crippen molar-refractivity contribution in [1.29, 1.82) is 0 Å². The molecule has 1 aromatic heterocycles. The molecule has 2 heterocycles. The van der Waals surface area contributed by atoms with Gasteiger partial charge in [-0.1, -0.05) is 13.8 Å². The van der Waals surface area contributed by atoms with E-state index >= 15 is 0 Å². The minimum absolute atomic E-state index is 0.269. The Bertz CT molecular complexity index is 358. The van der Waals surface area contributed by atoms with E-state index in [2.05, 4.69) is 19.2 Å². The van der Waals surface area contributed by atoms with Crippen LogP contribution in [0.15, 0.2) is 23.0 Å². The molecule has 3 rings (SSSR count). The Hall–Kier alpha value is -0.800. The molecule has 3 heteroatoms. The van der Waals surface area contributed by atoms with Crippen LogP contribution in [0.1, 0.15) is 25.8 Å². The highest BCUT2D eigenvalue weighted by molar-refractivity contribution is 5.13. The van der Waals surface area contributed by atoms with Crippen LogP contribution in [0.5, 0.6) is 0 Å². The average Bonchev–Trinajstić information content (AvgIpc) is 2.86. The maximum Gasteiger partial charge on any atom is 0.0947 e. The SMILES string of the molecule is CC1(C)C(NCc2ccoc2)C2CCOC21. The molecular weight excluding hydrogens is 202 g/mol. The van der Waals surface area contributed by atoms with Gasteiger partial charge in [-0.25, -0.2) is 0 Å². The lowest BCUT2D eigenvalue weighted by Crippen LogP contribution is -2.65. The molecule has 1 saturated carbocycles. The Labute approximate surface area is 96.2 Å². The summed E-state index contributed by atoms with van der Waals surface area (Å²) in [6.07, 6.45) is 5.21. The van der Waals surface area contributed by atoms with Crippen molar-refractivity contribution in [3.05, 3.63) is 24.2 Å². The Morgan fingerprint density at radius 2 is 2.38 bits per heavy atom. The Kier molecular flexibility index (Phi) is 2.33. The smallest absolute Gasteiger partial charge is 0.0947 e. The summed E-state index contributed by atoms with van der Waals surface area (Å²) in [5.41, 5.74) is 1.49. The first-order chi connectivity index (χ1) is 7.69. The number of hydrogen-bond acceptors (Lipinski definition) is 3. The van der Waals surface area contributed by atoms with Crippen molar-refractivity contribution < 1.29 is 9.15 Å². The van der Waals surface area contributed by atoms with E-state index in [4.69, 9.17) is 9.15 Å². The van der Waals surface area contributed by atoms with Crippen molar-refractivity contribution in [1.82, 2.24) is 5.32 Å². The second-order valence-electron chi connectivity index (χ2n) is 5.56. The Balaban J connectivity index is 1.63. The molecule has 88 valence electrons. The van der Waals surface area contributed by atoms with Gasteiger partial charge < -0.3 is 14.5 Å². The molecule has 2 aliphatic rings. The van der Waals surface area contributed by atoms with Crippen molar-refractivity contribution >= 4 is 0 Å². The lowest BCUT2D eigenvalue weighted by atomic mass is 9.57. The van der Waals surface area contributed by atoms with Gasteiger partial charge in [-0.2, -0.15) is 0 Å². The third kappa shape index (κ3) is 1.42. The summed E-state index contributed by atoms with van der Waals surface area (Å²) in [5.74, 6) is 0.710. The van der Waals surface area contributed by atoms with Crippen LogP contribution in [0.25, 0.3) is 0 Å². The summed E-state index contributed by atoms with van der Waals surface area (Å²) in [6.45, 7) is 6.43. The molecule has 0 amide bonds. The number of hydrogen-bond donors (Lipinski definition) is 1. The van der Waals surface area contributed by atoms with E-state index in [9.17, 15) is 0 Å². The number of ether oxygens (including phenoxy) is 1. The third-order valence-electron chi connectivity index (χ3n) is 4.21. The van der Waals surface area contributed by atoms with E-state index in [1.807, 2.05) is 6.07 Å². The fourth-order valence-corrected chi connectivity index (χ4v) is 3.36. The number of furan rings is 1. The average molecular weight is 221 g/mol. The van der Waals surface area contributed by atoms with Gasteiger partial charge in [-0.3, -0.25) is 0 Å². The van der Waals surface area contributed by atoms with E-state index < -0.39 is 0 Å². The molecule has 1 aromatic rings. The summed E-state index contributed by atoms with van der Waals surface area (Å²) >= 11 is 0.